The minimum absolute atomic E-state index is 0.0931. The summed E-state index contributed by atoms with van der Waals surface area (Å²) < 4.78 is 10.7. The number of unbranched alkanes of at least 4 members (excludes halogenated alkanes) is 19. The van der Waals surface area contributed by atoms with Crippen molar-refractivity contribution in [3.8, 4) is 0 Å². The van der Waals surface area contributed by atoms with Crippen molar-refractivity contribution in [3.05, 3.63) is 134 Å². The Hall–Kier alpha value is -3.96. The van der Waals surface area contributed by atoms with E-state index in [9.17, 15) is 14.7 Å². The molecule has 0 heterocycles. The molecule has 0 aromatic rings. The zero-order chi connectivity index (χ0) is 49.2. The quantitative estimate of drug-likeness (QED) is 0.0374. The van der Waals surface area contributed by atoms with Crippen LogP contribution in [0.3, 0.4) is 0 Å². The van der Waals surface area contributed by atoms with Gasteiger partial charge >= 0.3 is 11.9 Å². The van der Waals surface area contributed by atoms with Crippen LogP contribution in [0.1, 0.15) is 232 Å². The Kier molecular flexibility index (Phi) is 54.0. The molecule has 0 aromatic carbocycles. The average molecular weight is 940 g/mol. The number of aliphatic hydroxyl groups is 1. The van der Waals surface area contributed by atoms with E-state index in [-0.39, 0.29) is 25.2 Å². The van der Waals surface area contributed by atoms with Gasteiger partial charge in [0.15, 0.2) is 6.10 Å². The Labute approximate surface area is 419 Å². The standard InChI is InChI=1S/C63H102O5/c1-3-5-7-9-11-13-15-17-19-21-23-25-27-29-31-33-35-37-39-41-43-45-47-49-51-53-55-57-62(65)67-60-61(59-64)68-63(66)58-56-54-52-50-48-46-44-42-40-38-36-34-32-30-28-26-24-22-20-18-16-14-12-10-8-6-4-2/h6,8,12,14-15,17-18,20-21,23-24,26-27,29-30,32,36,38,42,44,48,50,61,64H,3-5,7,9-11,13,16,19,22,25,28,31,33-35,37,39-41,43,45-47,49,51-60H2,1-2H3/b8-6-,14-12-,17-15-,20-18-,23-21-,26-24-,29-27-,32-30-,38-36-,44-42-,50-48-. The van der Waals surface area contributed by atoms with Crippen molar-refractivity contribution in [1.82, 2.24) is 0 Å². The van der Waals surface area contributed by atoms with Crippen LogP contribution in [0.25, 0.3) is 0 Å². The fraction of sp³-hybridized carbons (Fsp3) is 0.619. The minimum Gasteiger partial charge on any atom is -0.462 e. The third-order valence-corrected chi connectivity index (χ3v) is 11.4. The van der Waals surface area contributed by atoms with E-state index in [2.05, 4.69) is 148 Å². The van der Waals surface area contributed by atoms with Crippen molar-refractivity contribution in [3.63, 3.8) is 0 Å². The number of esters is 2. The third kappa shape index (κ3) is 54.6. The van der Waals surface area contributed by atoms with Crippen LogP contribution in [0.15, 0.2) is 134 Å². The molecule has 0 aromatic heterocycles. The predicted molar refractivity (Wildman–Crippen MR) is 297 cm³/mol. The highest BCUT2D eigenvalue weighted by atomic mass is 16.6. The monoisotopic (exact) mass is 939 g/mol. The van der Waals surface area contributed by atoms with Gasteiger partial charge in [-0.2, -0.15) is 0 Å². The molecule has 384 valence electrons. The van der Waals surface area contributed by atoms with Crippen LogP contribution < -0.4 is 0 Å². The molecule has 1 atom stereocenters. The van der Waals surface area contributed by atoms with Gasteiger partial charge < -0.3 is 14.6 Å². The Morgan fingerprint density at radius 1 is 0.353 bits per heavy atom. The number of aliphatic hydroxyl groups excluding tert-OH is 1. The fourth-order valence-electron chi connectivity index (χ4n) is 7.28. The lowest BCUT2D eigenvalue weighted by Crippen LogP contribution is -2.28. The van der Waals surface area contributed by atoms with Crippen molar-refractivity contribution in [2.45, 2.75) is 238 Å². The highest BCUT2D eigenvalue weighted by Gasteiger charge is 2.16. The summed E-state index contributed by atoms with van der Waals surface area (Å²) in [5.41, 5.74) is 0. The van der Waals surface area contributed by atoms with Gasteiger partial charge in [0.1, 0.15) is 6.61 Å². The van der Waals surface area contributed by atoms with Gasteiger partial charge in [-0.25, -0.2) is 0 Å². The van der Waals surface area contributed by atoms with Gasteiger partial charge in [0.2, 0.25) is 0 Å². The van der Waals surface area contributed by atoms with Crippen LogP contribution in [0.2, 0.25) is 0 Å². The first-order valence-corrected chi connectivity index (χ1v) is 27.7. The molecule has 1 N–H and O–H groups in total. The molecule has 0 bridgehead atoms. The van der Waals surface area contributed by atoms with E-state index in [4.69, 9.17) is 9.47 Å². The molecule has 0 saturated carbocycles. The molecular weight excluding hydrogens is 837 g/mol. The normalized spacial score (nSPS) is 13.3. The van der Waals surface area contributed by atoms with E-state index >= 15 is 0 Å². The molecule has 0 rings (SSSR count). The van der Waals surface area contributed by atoms with Gasteiger partial charge in [-0.1, -0.05) is 237 Å². The molecular formula is C63H102O5. The van der Waals surface area contributed by atoms with E-state index in [0.717, 1.165) is 103 Å². The maximum atomic E-state index is 12.3. The lowest BCUT2D eigenvalue weighted by Gasteiger charge is -2.15. The fourth-order valence-corrected chi connectivity index (χ4v) is 7.28. The molecule has 0 aliphatic rings. The second-order valence-electron chi connectivity index (χ2n) is 17.9. The molecule has 5 nitrogen and oxygen atoms in total. The van der Waals surface area contributed by atoms with Crippen molar-refractivity contribution in [1.29, 1.82) is 0 Å². The second kappa shape index (κ2) is 57.4. The molecule has 0 spiro atoms. The number of carbonyl (C=O) groups excluding carboxylic acids is 2. The molecule has 0 amide bonds. The van der Waals surface area contributed by atoms with Crippen LogP contribution in [0.4, 0.5) is 0 Å². The van der Waals surface area contributed by atoms with Crippen molar-refractivity contribution in [2.24, 2.45) is 0 Å². The predicted octanol–water partition coefficient (Wildman–Crippen LogP) is 18.9. The number of rotatable bonds is 49. The van der Waals surface area contributed by atoms with E-state index in [1.807, 2.05) is 0 Å². The topological polar surface area (TPSA) is 72.8 Å². The smallest absolute Gasteiger partial charge is 0.306 e. The molecule has 68 heavy (non-hydrogen) atoms. The third-order valence-electron chi connectivity index (χ3n) is 11.4. The highest BCUT2D eigenvalue weighted by Crippen LogP contribution is 2.14. The summed E-state index contributed by atoms with van der Waals surface area (Å²) in [4.78, 5) is 24.5. The van der Waals surface area contributed by atoms with Gasteiger partial charge in [-0.05, 0) is 116 Å². The first-order valence-electron chi connectivity index (χ1n) is 27.7. The van der Waals surface area contributed by atoms with Crippen molar-refractivity contribution >= 4 is 11.9 Å². The van der Waals surface area contributed by atoms with Gasteiger partial charge in [0, 0.05) is 12.8 Å². The summed E-state index contributed by atoms with van der Waals surface area (Å²) in [5, 5.41) is 9.64. The van der Waals surface area contributed by atoms with Gasteiger partial charge in [-0.3, -0.25) is 9.59 Å². The Bertz CT molecular complexity index is 1430. The Morgan fingerprint density at radius 3 is 0.985 bits per heavy atom. The summed E-state index contributed by atoms with van der Waals surface area (Å²) >= 11 is 0. The first kappa shape index (κ1) is 64.0. The molecule has 1 unspecified atom stereocenters. The summed E-state index contributed by atoms with van der Waals surface area (Å²) in [6.07, 6.45) is 85.5. The van der Waals surface area contributed by atoms with Crippen molar-refractivity contribution < 1.29 is 24.2 Å². The van der Waals surface area contributed by atoms with E-state index in [0.29, 0.717) is 12.8 Å². The van der Waals surface area contributed by atoms with Crippen LogP contribution >= 0.6 is 0 Å². The summed E-state index contributed by atoms with van der Waals surface area (Å²) in [5.74, 6) is -0.651. The average Bonchev–Trinajstić information content (AvgIpc) is 3.34. The SMILES string of the molecule is CC/C=C\C/C=C\C/C=C\C/C=C\C/C=C\C/C=C\C/C=C\C/C=C\CCCCC(=O)OC(CO)COC(=O)CCCCCCCCCCCCCC/C=C\C/C=C\C/C=C\CCCCCCC. The van der Waals surface area contributed by atoms with E-state index < -0.39 is 6.10 Å². The lowest BCUT2D eigenvalue weighted by molar-refractivity contribution is -0.161. The lowest BCUT2D eigenvalue weighted by atomic mass is 10.0. The number of ether oxygens (including phenoxy) is 2. The second-order valence-corrected chi connectivity index (χ2v) is 17.9. The van der Waals surface area contributed by atoms with Gasteiger partial charge in [0.05, 0.1) is 6.61 Å². The van der Waals surface area contributed by atoms with Gasteiger partial charge in [-0.15, -0.1) is 0 Å². The summed E-state index contributed by atoms with van der Waals surface area (Å²) in [7, 11) is 0. The maximum Gasteiger partial charge on any atom is 0.306 e. The van der Waals surface area contributed by atoms with Crippen LogP contribution in [0.5, 0.6) is 0 Å². The molecule has 0 fully saturated rings. The van der Waals surface area contributed by atoms with Crippen LogP contribution in [-0.2, 0) is 19.1 Å². The number of hydrogen-bond acceptors (Lipinski definition) is 5. The molecule has 0 aliphatic heterocycles. The van der Waals surface area contributed by atoms with E-state index in [1.165, 1.54) is 103 Å². The first-order chi connectivity index (χ1) is 33.6. The number of hydrogen-bond donors (Lipinski definition) is 1. The zero-order valence-corrected chi connectivity index (χ0v) is 43.8. The molecule has 5 heteroatoms. The Morgan fingerprint density at radius 2 is 0.632 bits per heavy atom. The Balaban J connectivity index is 3.63. The minimum atomic E-state index is -0.807. The largest absolute Gasteiger partial charge is 0.462 e. The summed E-state index contributed by atoms with van der Waals surface area (Å²) in [6, 6.07) is 0. The zero-order valence-electron chi connectivity index (χ0n) is 43.8. The summed E-state index contributed by atoms with van der Waals surface area (Å²) in [6.45, 7) is 3.98. The van der Waals surface area contributed by atoms with Crippen LogP contribution in [0, 0.1) is 0 Å². The molecule has 0 radical (unpaired) electrons. The van der Waals surface area contributed by atoms with Gasteiger partial charge in [0.25, 0.3) is 0 Å². The van der Waals surface area contributed by atoms with Crippen molar-refractivity contribution in [2.75, 3.05) is 13.2 Å². The number of carbonyl (C=O) groups is 2. The molecule has 0 saturated heterocycles. The maximum absolute atomic E-state index is 12.3. The van der Waals surface area contributed by atoms with E-state index in [1.54, 1.807) is 0 Å². The highest BCUT2D eigenvalue weighted by molar-refractivity contribution is 5.70. The number of allylic oxidation sites excluding steroid dienone is 22. The van der Waals surface area contributed by atoms with Crippen LogP contribution in [-0.4, -0.2) is 36.4 Å². The molecule has 0 aliphatic carbocycles.